The third-order valence-electron chi connectivity index (χ3n) is 4.22. The molecule has 0 aromatic heterocycles. The molecule has 1 aromatic rings. The maximum atomic E-state index is 12.8. The zero-order valence-electron chi connectivity index (χ0n) is 14.1. The van der Waals surface area contributed by atoms with Gasteiger partial charge in [0.2, 0.25) is 5.91 Å². The zero-order valence-corrected chi connectivity index (χ0v) is 14.1. The van der Waals surface area contributed by atoms with E-state index in [4.69, 9.17) is 10.00 Å². The summed E-state index contributed by atoms with van der Waals surface area (Å²) in [5, 5.41) is 12.3. The summed E-state index contributed by atoms with van der Waals surface area (Å²) < 4.78 is 5.32. The van der Waals surface area contributed by atoms with E-state index in [9.17, 15) is 4.79 Å². The van der Waals surface area contributed by atoms with Gasteiger partial charge in [0.15, 0.2) is 0 Å². The number of benzene rings is 1. The van der Waals surface area contributed by atoms with Gasteiger partial charge in [0, 0.05) is 19.1 Å². The van der Waals surface area contributed by atoms with Crippen LogP contribution in [0.25, 0.3) is 0 Å². The van der Waals surface area contributed by atoms with Crippen molar-refractivity contribution in [1.29, 1.82) is 5.26 Å². The van der Waals surface area contributed by atoms with Gasteiger partial charge in [0.1, 0.15) is 0 Å². The van der Waals surface area contributed by atoms with Gasteiger partial charge in [-0.2, -0.15) is 5.26 Å². The number of carbonyl (C=O) groups excluding carboxylic acids is 1. The van der Waals surface area contributed by atoms with Gasteiger partial charge < -0.3 is 9.64 Å². The zero-order chi connectivity index (χ0) is 16.8. The highest BCUT2D eigenvalue weighted by molar-refractivity contribution is 5.82. The SMILES string of the molecule is CC(C)[C@@H](N[C@H](C)c1ccc(C#N)cc1)C(=O)N1CCOCC1. The number of hydrogen-bond acceptors (Lipinski definition) is 4. The van der Waals surface area contributed by atoms with Crippen LogP contribution in [0.4, 0.5) is 0 Å². The Morgan fingerprint density at radius 3 is 2.35 bits per heavy atom. The molecule has 5 nitrogen and oxygen atoms in total. The number of morpholine rings is 1. The number of ether oxygens (including phenoxy) is 1. The molecule has 124 valence electrons. The summed E-state index contributed by atoms with van der Waals surface area (Å²) in [6.07, 6.45) is 0. The van der Waals surface area contributed by atoms with Crippen LogP contribution in [0.15, 0.2) is 24.3 Å². The molecule has 2 rings (SSSR count). The van der Waals surface area contributed by atoms with Gasteiger partial charge in [-0.1, -0.05) is 26.0 Å². The van der Waals surface area contributed by atoms with Crippen LogP contribution in [-0.2, 0) is 9.53 Å². The summed E-state index contributed by atoms with van der Waals surface area (Å²) in [7, 11) is 0. The molecule has 0 radical (unpaired) electrons. The number of nitriles is 1. The minimum absolute atomic E-state index is 0.0418. The fourth-order valence-corrected chi connectivity index (χ4v) is 2.74. The summed E-state index contributed by atoms with van der Waals surface area (Å²) in [6, 6.07) is 9.43. The molecule has 1 fully saturated rings. The van der Waals surface area contributed by atoms with Crippen molar-refractivity contribution in [2.45, 2.75) is 32.9 Å². The Morgan fingerprint density at radius 2 is 1.83 bits per heavy atom. The highest BCUT2D eigenvalue weighted by Crippen LogP contribution is 2.17. The third-order valence-corrected chi connectivity index (χ3v) is 4.22. The maximum Gasteiger partial charge on any atom is 0.240 e. The molecule has 5 heteroatoms. The van der Waals surface area contributed by atoms with Gasteiger partial charge >= 0.3 is 0 Å². The van der Waals surface area contributed by atoms with Gasteiger partial charge in [-0.25, -0.2) is 0 Å². The van der Waals surface area contributed by atoms with Crippen molar-refractivity contribution in [2.75, 3.05) is 26.3 Å². The Bertz CT molecular complexity index is 557. The highest BCUT2D eigenvalue weighted by Gasteiger charge is 2.29. The van der Waals surface area contributed by atoms with Crippen LogP contribution in [0.5, 0.6) is 0 Å². The predicted molar refractivity (Wildman–Crippen MR) is 88.7 cm³/mol. The third kappa shape index (κ3) is 4.54. The second kappa shape index (κ2) is 8.09. The van der Waals surface area contributed by atoms with Crippen LogP contribution in [0, 0.1) is 17.2 Å². The lowest BCUT2D eigenvalue weighted by Crippen LogP contribution is -2.52. The fraction of sp³-hybridized carbons (Fsp3) is 0.556. The van der Waals surface area contributed by atoms with E-state index in [1.54, 1.807) is 0 Å². The van der Waals surface area contributed by atoms with Crippen LogP contribution in [0.1, 0.15) is 37.9 Å². The van der Waals surface area contributed by atoms with Crippen LogP contribution in [-0.4, -0.2) is 43.2 Å². The van der Waals surface area contributed by atoms with E-state index in [0.717, 1.165) is 5.56 Å². The Kier molecular flexibility index (Phi) is 6.14. The largest absolute Gasteiger partial charge is 0.378 e. The van der Waals surface area contributed by atoms with E-state index in [2.05, 4.69) is 25.2 Å². The highest BCUT2D eigenvalue weighted by atomic mass is 16.5. The van der Waals surface area contributed by atoms with Crippen molar-refractivity contribution in [3.63, 3.8) is 0 Å². The van der Waals surface area contributed by atoms with Crippen LogP contribution < -0.4 is 5.32 Å². The summed E-state index contributed by atoms with van der Waals surface area (Å²) in [6.45, 7) is 8.71. The van der Waals surface area contributed by atoms with Gasteiger partial charge in [-0.15, -0.1) is 0 Å². The number of rotatable bonds is 5. The lowest BCUT2D eigenvalue weighted by Gasteiger charge is -2.33. The van der Waals surface area contributed by atoms with Crippen molar-refractivity contribution in [1.82, 2.24) is 10.2 Å². The molecule has 1 aliphatic rings. The first-order valence-electron chi connectivity index (χ1n) is 8.15. The number of amides is 1. The van der Waals surface area contributed by atoms with Crippen molar-refractivity contribution in [3.8, 4) is 6.07 Å². The average molecular weight is 315 g/mol. The van der Waals surface area contributed by atoms with Crippen LogP contribution in [0.2, 0.25) is 0 Å². The quantitative estimate of drug-likeness (QED) is 0.903. The molecule has 0 saturated carbocycles. The number of nitrogens with one attached hydrogen (secondary N) is 1. The maximum absolute atomic E-state index is 12.8. The van der Waals surface area contributed by atoms with Crippen LogP contribution >= 0.6 is 0 Å². The first-order valence-corrected chi connectivity index (χ1v) is 8.15. The van der Waals surface area contributed by atoms with Gasteiger partial charge in [-0.05, 0) is 30.5 Å². The number of carbonyl (C=O) groups is 1. The van der Waals surface area contributed by atoms with Crippen molar-refractivity contribution in [2.24, 2.45) is 5.92 Å². The Labute approximate surface area is 138 Å². The molecule has 1 amide bonds. The van der Waals surface area contributed by atoms with E-state index in [0.29, 0.717) is 31.9 Å². The van der Waals surface area contributed by atoms with E-state index in [1.165, 1.54) is 0 Å². The minimum atomic E-state index is -0.223. The first-order chi connectivity index (χ1) is 11.0. The summed E-state index contributed by atoms with van der Waals surface area (Å²) in [5.74, 6) is 0.343. The first kappa shape index (κ1) is 17.5. The second-order valence-corrected chi connectivity index (χ2v) is 6.28. The Hall–Kier alpha value is -1.90. The molecular formula is C18H25N3O2. The topological polar surface area (TPSA) is 65.4 Å². The summed E-state index contributed by atoms with van der Waals surface area (Å²) in [5.41, 5.74) is 1.72. The van der Waals surface area contributed by atoms with E-state index < -0.39 is 0 Å². The number of hydrogen-bond donors (Lipinski definition) is 1. The van der Waals surface area contributed by atoms with E-state index in [1.807, 2.05) is 36.1 Å². The average Bonchev–Trinajstić information content (AvgIpc) is 2.59. The smallest absolute Gasteiger partial charge is 0.240 e. The molecule has 2 atom stereocenters. The van der Waals surface area contributed by atoms with Crippen molar-refractivity contribution < 1.29 is 9.53 Å². The summed E-state index contributed by atoms with van der Waals surface area (Å²) in [4.78, 5) is 14.7. The molecule has 23 heavy (non-hydrogen) atoms. The number of nitrogens with zero attached hydrogens (tertiary/aromatic N) is 2. The van der Waals surface area contributed by atoms with Gasteiger partial charge in [-0.3, -0.25) is 10.1 Å². The van der Waals surface area contributed by atoms with Gasteiger partial charge in [0.05, 0.1) is 30.9 Å². The fourth-order valence-electron chi connectivity index (χ4n) is 2.74. The van der Waals surface area contributed by atoms with Gasteiger partial charge in [0.25, 0.3) is 0 Å². The van der Waals surface area contributed by atoms with Crippen molar-refractivity contribution >= 4 is 5.91 Å². The van der Waals surface area contributed by atoms with E-state index >= 15 is 0 Å². The molecule has 1 aromatic carbocycles. The molecule has 1 saturated heterocycles. The van der Waals surface area contributed by atoms with Crippen LogP contribution in [0.3, 0.4) is 0 Å². The molecular weight excluding hydrogens is 290 g/mol. The molecule has 1 N–H and O–H groups in total. The Balaban J connectivity index is 2.05. The lowest BCUT2D eigenvalue weighted by atomic mass is 9.99. The normalized spacial score (nSPS) is 17.6. The minimum Gasteiger partial charge on any atom is -0.378 e. The molecule has 0 aliphatic carbocycles. The molecule has 0 bridgehead atoms. The molecule has 0 spiro atoms. The standard InChI is InChI=1S/C18H25N3O2/c1-13(2)17(18(22)21-8-10-23-11-9-21)20-14(3)16-6-4-15(12-19)5-7-16/h4-7,13-14,17,20H,8-11H2,1-3H3/t14-,17-/m1/s1. The monoisotopic (exact) mass is 315 g/mol. The molecule has 1 aliphatic heterocycles. The predicted octanol–water partition coefficient (Wildman–Crippen LogP) is 2.09. The van der Waals surface area contributed by atoms with Crippen molar-refractivity contribution in [3.05, 3.63) is 35.4 Å². The Morgan fingerprint density at radius 1 is 1.22 bits per heavy atom. The van der Waals surface area contributed by atoms with E-state index in [-0.39, 0.29) is 23.9 Å². The lowest BCUT2D eigenvalue weighted by molar-refractivity contribution is -0.138. The molecule has 1 heterocycles. The second-order valence-electron chi connectivity index (χ2n) is 6.28. The summed E-state index contributed by atoms with van der Waals surface area (Å²) >= 11 is 0. The molecule has 0 unspecified atom stereocenters.